The summed E-state index contributed by atoms with van der Waals surface area (Å²) in [5.74, 6) is 0.649. The van der Waals surface area contributed by atoms with Gasteiger partial charge in [-0.3, -0.25) is 4.98 Å². The van der Waals surface area contributed by atoms with Gasteiger partial charge in [0.25, 0.3) is 0 Å². The molecule has 0 unspecified atom stereocenters. The fraction of sp³-hybridized carbons (Fsp3) is 0.316. The first-order valence-corrected chi connectivity index (χ1v) is 10.2. The molecule has 9 heteroatoms. The van der Waals surface area contributed by atoms with E-state index in [0.717, 1.165) is 33.7 Å². The van der Waals surface area contributed by atoms with Crippen LogP contribution in [0, 0.1) is 0 Å². The molecule has 144 valence electrons. The molecule has 28 heavy (non-hydrogen) atoms. The van der Waals surface area contributed by atoms with E-state index in [1.54, 1.807) is 25.5 Å². The number of allylic oxidation sites excluding steroid dienone is 1. The maximum absolute atomic E-state index is 9.65. The quantitative estimate of drug-likeness (QED) is 0.589. The van der Waals surface area contributed by atoms with Gasteiger partial charge >= 0.3 is 0 Å². The number of aliphatic hydroxyl groups is 1. The summed E-state index contributed by atoms with van der Waals surface area (Å²) in [4.78, 5) is 23.1. The van der Waals surface area contributed by atoms with Crippen LogP contribution in [0.3, 0.4) is 0 Å². The van der Waals surface area contributed by atoms with Crippen molar-refractivity contribution in [3.8, 4) is 0 Å². The van der Waals surface area contributed by atoms with E-state index in [9.17, 15) is 5.11 Å². The highest BCUT2D eigenvalue weighted by molar-refractivity contribution is 7.99. The molecule has 0 radical (unpaired) electrons. The molecule has 2 N–H and O–H groups in total. The Balaban J connectivity index is 1.69. The van der Waals surface area contributed by atoms with Gasteiger partial charge in [0.2, 0.25) is 0 Å². The molecule has 0 bridgehead atoms. The Labute approximate surface area is 171 Å². The lowest BCUT2D eigenvalue weighted by Crippen LogP contribution is -2.17. The van der Waals surface area contributed by atoms with Crippen LogP contribution in [0.1, 0.15) is 31.5 Å². The van der Waals surface area contributed by atoms with Crippen molar-refractivity contribution in [1.29, 1.82) is 0 Å². The summed E-state index contributed by atoms with van der Waals surface area (Å²) >= 11 is 7.98. The third-order valence-corrected chi connectivity index (χ3v) is 5.65. The highest BCUT2D eigenvalue weighted by Crippen LogP contribution is 2.41. The maximum Gasteiger partial charge on any atom is 0.194 e. The predicted molar refractivity (Wildman–Crippen MR) is 110 cm³/mol. The Morgan fingerprint density at radius 1 is 1.25 bits per heavy atom. The summed E-state index contributed by atoms with van der Waals surface area (Å²) < 4.78 is 0. The van der Waals surface area contributed by atoms with Crippen LogP contribution in [-0.4, -0.2) is 42.7 Å². The number of pyridine rings is 1. The number of hydrogen-bond donors (Lipinski definition) is 2. The van der Waals surface area contributed by atoms with Crippen LogP contribution >= 0.6 is 23.4 Å². The molecule has 0 spiro atoms. The van der Waals surface area contributed by atoms with Gasteiger partial charge in [0.15, 0.2) is 10.8 Å². The first-order chi connectivity index (χ1) is 13.5. The zero-order valence-corrected chi connectivity index (χ0v) is 17.0. The molecule has 0 amide bonds. The minimum absolute atomic E-state index is 0.381. The van der Waals surface area contributed by atoms with Crippen molar-refractivity contribution in [3.63, 3.8) is 0 Å². The van der Waals surface area contributed by atoms with Crippen LogP contribution in [0.2, 0.25) is 0 Å². The molecule has 3 aromatic heterocycles. The van der Waals surface area contributed by atoms with Gasteiger partial charge in [0.1, 0.15) is 11.3 Å². The van der Waals surface area contributed by atoms with E-state index in [1.165, 1.54) is 11.8 Å². The number of nitrogens with one attached hydrogen (secondary N) is 1. The van der Waals surface area contributed by atoms with Gasteiger partial charge in [-0.15, -0.1) is 0 Å². The second-order valence-electron chi connectivity index (χ2n) is 6.53. The first-order valence-electron chi connectivity index (χ1n) is 9.00. The van der Waals surface area contributed by atoms with E-state index in [1.807, 2.05) is 6.07 Å². The smallest absolute Gasteiger partial charge is 0.194 e. The number of fused-ring (bicyclic) bond motifs is 2. The lowest BCUT2D eigenvalue weighted by atomic mass is 10.2. The molecule has 0 saturated carbocycles. The average Bonchev–Trinajstić information content (AvgIpc) is 3.01. The van der Waals surface area contributed by atoms with Crippen molar-refractivity contribution < 1.29 is 5.11 Å². The van der Waals surface area contributed by atoms with Crippen molar-refractivity contribution in [2.45, 2.75) is 42.8 Å². The number of rotatable bonds is 6. The summed E-state index contributed by atoms with van der Waals surface area (Å²) in [7, 11) is 0. The maximum atomic E-state index is 9.65. The van der Waals surface area contributed by atoms with Gasteiger partial charge < -0.3 is 10.4 Å². The molecule has 0 saturated heterocycles. The molecule has 1 aliphatic carbocycles. The molecular weight excluding hydrogens is 396 g/mol. The van der Waals surface area contributed by atoms with E-state index in [-0.39, 0.29) is 0 Å². The zero-order chi connectivity index (χ0) is 19.7. The van der Waals surface area contributed by atoms with Crippen LogP contribution in [0.25, 0.3) is 16.2 Å². The van der Waals surface area contributed by atoms with Crippen LogP contribution in [-0.2, 0) is 6.42 Å². The van der Waals surface area contributed by atoms with Gasteiger partial charge in [0, 0.05) is 36.5 Å². The molecule has 4 rings (SSSR count). The van der Waals surface area contributed by atoms with Crippen molar-refractivity contribution in [3.05, 3.63) is 41.5 Å². The van der Waals surface area contributed by atoms with Crippen LogP contribution in [0.5, 0.6) is 0 Å². The first kappa shape index (κ1) is 19.0. The average molecular weight is 415 g/mol. The Hall–Kier alpha value is -2.29. The number of aliphatic hydroxyl groups excluding tert-OH is 1. The summed E-state index contributed by atoms with van der Waals surface area (Å²) in [6, 6.07) is 1.92. The second kappa shape index (κ2) is 7.98. The van der Waals surface area contributed by atoms with Crippen LogP contribution in [0.4, 0.5) is 5.82 Å². The number of aromatic nitrogens is 5. The number of anilines is 1. The lowest BCUT2D eigenvalue weighted by molar-refractivity contribution is 0.208. The molecule has 0 aliphatic heterocycles. The van der Waals surface area contributed by atoms with E-state index in [0.29, 0.717) is 34.6 Å². The highest BCUT2D eigenvalue weighted by atomic mass is 35.5. The van der Waals surface area contributed by atoms with Crippen LogP contribution < -0.4 is 5.32 Å². The fourth-order valence-corrected chi connectivity index (χ4v) is 4.18. The molecule has 1 aliphatic rings. The van der Waals surface area contributed by atoms with Crippen molar-refractivity contribution >= 4 is 45.4 Å². The minimum atomic E-state index is -0.500. The van der Waals surface area contributed by atoms with Crippen LogP contribution in [0.15, 0.2) is 40.3 Å². The molecular formula is C19H19ClN6OS. The monoisotopic (exact) mass is 414 g/mol. The van der Waals surface area contributed by atoms with Crippen molar-refractivity contribution in [1.82, 2.24) is 24.9 Å². The topological polar surface area (TPSA) is 96.7 Å². The van der Waals surface area contributed by atoms with Crippen molar-refractivity contribution in [2.75, 3.05) is 11.9 Å². The number of hydrogen-bond acceptors (Lipinski definition) is 8. The Morgan fingerprint density at radius 3 is 2.86 bits per heavy atom. The summed E-state index contributed by atoms with van der Waals surface area (Å²) in [5.41, 5.74) is 4.21. The number of nitrogens with zero attached hydrogens (tertiary/aromatic N) is 5. The van der Waals surface area contributed by atoms with Gasteiger partial charge in [-0.05, 0) is 36.7 Å². The van der Waals surface area contributed by atoms with E-state index in [4.69, 9.17) is 16.6 Å². The normalized spacial score (nSPS) is 14.4. The van der Waals surface area contributed by atoms with E-state index < -0.39 is 6.10 Å². The highest BCUT2D eigenvalue weighted by Gasteiger charge is 2.26. The molecule has 0 aromatic carbocycles. The third-order valence-electron chi connectivity index (χ3n) is 4.37. The summed E-state index contributed by atoms with van der Waals surface area (Å²) in [6.45, 7) is 4.18. The molecule has 0 fully saturated rings. The molecule has 3 aromatic rings. The largest absolute Gasteiger partial charge is 0.392 e. The van der Waals surface area contributed by atoms with Crippen molar-refractivity contribution in [2.24, 2.45) is 0 Å². The Kier molecular flexibility index (Phi) is 5.43. The lowest BCUT2D eigenvalue weighted by Gasteiger charge is -2.13. The Morgan fingerprint density at radius 2 is 2.07 bits per heavy atom. The fourth-order valence-electron chi connectivity index (χ4n) is 3.00. The minimum Gasteiger partial charge on any atom is -0.392 e. The Bertz CT molecular complexity index is 1070. The second-order valence-corrected chi connectivity index (χ2v) is 7.95. The van der Waals surface area contributed by atoms with Gasteiger partial charge in [-0.1, -0.05) is 18.5 Å². The van der Waals surface area contributed by atoms with E-state index in [2.05, 4.69) is 32.2 Å². The standard InChI is InChI=1S/C19H19ClN6OS/c1-3-11-6-13-15(16(11)20)18(23-8-10(2)27)26-19(25-13)28-12-7-14-17(24-9-12)22-5-4-21-14/h4-5,7,9-10,27H,3,6,8H2,1-2H3,(H,23,25,26)/t10-/m0/s1. The zero-order valence-electron chi connectivity index (χ0n) is 15.5. The van der Waals surface area contributed by atoms with Gasteiger partial charge in [0.05, 0.1) is 22.4 Å². The predicted octanol–water partition coefficient (Wildman–Crippen LogP) is 3.67. The summed E-state index contributed by atoms with van der Waals surface area (Å²) in [6.07, 6.45) is 6.08. The van der Waals surface area contributed by atoms with Gasteiger partial charge in [-0.2, -0.15) is 0 Å². The van der Waals surface area contributed by atoms with E-state index >= 15 is 0 Å². The molecule has 1 atom stereocenters. The molecule has 3 heterocycles. The molecule has 7 nitrogen and oxygen atoms in total. The summed E-state index contributed by atoms with van der Waals surface area (Å²) in [5, 5.41) is 14.2. The SMILES string of the molecule is CCC1=C(Cl)c2c(nc(Sc3cnc4nccnc4c3)nc2NC[C@H](C)O)C1. The number of halogens is 1. The third kappa shape index (κ3) is 3.80. The van der Waals surface area contributed by atoms with Gasteiger partial charge in [-0.25, -0.2) is 19.9 Å².